The molecule has 3 aliphatic rings. The van der Waals surface area contributed by atoms with Gasteiger partial charge in [-0.25, -0.2) is 13.4 Å². The van der Waals surface area contributed by atoms with Crippen LogP contribution in [0.5, 0.6) is 11.6 Å². The number of aromatic nitrogens is 1. The molecule has 2 aromatic rings. The Morgan fingerprint density at radius 2 is 2.00 bits per heavy atom. The topological polar surface area (TPSA) is 136 Å². The summed E-state index contributed by atoms with van der Waals surface area (Å²) in [4.78, 5) is 30.1. The lowest BCUT2D eigenvalue weighted by atomic mass is 10.1. The van der Waals surface area contributed by atoms with Gasteiger partial charge in [-0.2, -0.15) is 0 Å². The van der Waals surface area contributed by atoms with Gasteiger partial charge in [0.05, 0.1) is 18.4 Å². The maximum atomic E-state index is 13.0. The number of benzene rings is 1. The van der Waals surface area contributed by atoms with Crippen molar-refractivity contribution in [2.45, 2.75) is 55.5 Å². The van der Waals surface area contributed by atoms with Crippen LogP contribution in [0.2, 0.25) is 0 Å². The number of methoxy groups -OCH3 is 1. The third-order valence-corrected chi connectivity index (χ3v) is 8.70. The van der Waals surface area contributed by atoms with E-state index in [0.29, 0.717) is 38.1 Å². The lowest BCUT2D eigenvalue weighted by Gasteiger charge is -2.21. The number of pyridine rings is 1. The van der Waals surface area contributed by atoms with Gasteiger partial charge in [-0.15, -0.1) is 0 Å². The number of hydrogen-bond acceptors (Lipinski definition) is 8. The van der Waals surface area contributed by atoms with E-state index in [2.05, 4.69) is 20.3 Å². The summed E-state index contributed by atoms with van der Waals surface area (Å²) in [5, 5.41) is 7.21. The smallest absolute Gasteiger partial charge is 0.259 e. The Morgan fingerprint density at radius 1 is 1.24 bits per heavy atom. The Kier molecular flexibility index (Phi) is 5.64. The molecular weight excluding hydrogens is 460 g/mol. The van der Waals surface area contributed by atoms with Crippen LogP contribution in [0.4, 0.5) is 0 Å². The summed E-state index contributed by atoms with van der Waals surface area (Å²) < 4.78 is 37.9. The number of rotatable bonds is 8. The van der Waals surface area contributed by atoms with E-state index in [9.17, 15) is 18.0 Å². The molecule has 1 saturated heterocycles. The van der Waals surface area contributed by atoms with E-state index in [0.717, 1.165) is 16.5 Å². The highest BCUT2D eigenvalue weighted by molar-refractivity contribution is 7.91. The third-order valence-electron chi connectivity index (χ3n) is 6.88. The number of nitrogens with one attached hydrogen (secondary N) is 3. The van der Waals surface area contributed by atoms with Crippen LogP contribution in [0.25, 0.3) is 10.8 Å². The summed E-state index contributed by atoms with van der Waals surface area (Å²) in [6.07, 6.45) is 3.30. The molecule has 2 heterocycles. The lowest BCUT2D eigenvalue weighted by Crippen LogP contribution is -2.55. The first-order chi connectivity index (χ1) is 16.2. The van der Waals surface area contributed by atoms with Gasteiger partial charge in [-0.1, -0.05) is 6.92 Å². The fourth-order valence-corrected chi connectivity index (χ4v) is 5.82. The van der Waals surface area contributed by atoms with Crippen LogP contribution in [-0.4, -0.2) is 61.8 Å². The second kappa shape index (κ2) is 8.38. The minimum atomic E-state index is -3.67. The normalized spacial score (nSPS) is 28.4. The molecule has 182 valence electrons. The van der Waals surface area contributed by atoms with Crippen molar-refractivity contribution in [2.75, 3.05) is 13.7 Å². The van der Waals surface area contributed by atoms with E-state index in [1.165, 1.54) is 0 Å². The molecule has 0 radical (unpaired) electrons. The van der Waals surface area contributed by atoms with Crippen LogP contribution in [0.3, 0.4) is 0 Å². The fourth-order valence-electron chi connectivity index (χ4n) is 4.46. The molecule has 3 N–H and O–H groups in total. The summed E-state index contributed by atoms with van der Waals surface area (Å²) in [5.41, 5.74) is -1.18. The van der Waals surface area contributed by atoms with Crippen LogP contribution in [-0.2, 0) is 19.6 Å². The van der Waals surface area contributed by atoms with E-state index >= 15 is 0 Å². The van der Waals surface area contributed by atoms with E-state index < -0.39 is 32.8 Å². The van der Waals surface area contributed by atoms with E-state index in [-0.39, 0.29) is 17.9 Å². The van der Waals surface area contributed by atoms with Crippen LogP contribution in [0.15, 0.2) is 30.5 Å². The molecule has 0 unspecified atom stereocenters. The largest absolute Gasteiger partial charge is 0.497 e. The van der Waals surface area contributed by atoms with Crippen LogP contribution in [0.1, 0.15) is 32.6 Å². The van der Waals surface area contributed by atoms with Crippen LogP contribution in [0, 0.1) is 5.92 Å². The Morgan fingerprint density at radius 3 is 2.68 bits per heavy atom. The third kappa shape index (κ3) is 4.29. The van der Waals surface area contributed by atoms with Crippen molar-refractivity contribution < 1.29 is 27.5 Å². The molecule has 2 saturated carbocycles. The van der Waals surface area contributed by atoms with Gasteiger partial charge < -0.3 is 20.1 Å². The van der Waals surface area contributed by atoms with Crippen molar-refractivity contribution in [3.05, 3.63) is 30.5 Å². The van der Waals surface area contributed by atoms with Gasteiger partial charge in [0.1, 0.15) is 17.4 Å². The quantitative estimate of drug-likeness (QED) is 0.498. The van der Waals surface area contributed by atoms with Crippen molar-refractivity contribution in [3.63, 3.8) is 0 Å². The number of nitrogens with zero attached hydrogens (tertiary/aromatic N) is 1. The minimum absolute atomic E-state index is 0.142. The van der Waals surface area contributed by atoms with Gasteiger partial charge in [0, 0.05) is 24.5 Å². The molecule has 10 nitrogen and oxygen atoms in total. The molecule has 11 heteroatoms. The minimum Gasteiger partial charge on any atom is -0.497 e. The molecule has 5 rings (SSSR count). The van der Waals surface area contributed by atoms with Gasteiger partial charge in [0.25, 0.3) is 5.91 Å². The molecule has 1 aliphatic heterocycles. The second-order valence-electron chi connectivity index (χ2n) is 9.38. The number of carbonyl (C=O) groups is 2. The number of sulfonamides is 1. The maximum absolute atomic E-state index is 13.0. The molecular formula is C23H28N4O6S. The second-order valence-corrected chi connectivity index (χ2v) is 11.3. The van der Waals surface area contributed by atoms with Crippen molar-refractivity contribution in [1.29, 1.82) is 0 Å². The zero-order valence-electron chi connectivity index (χ0n) is 19.0. The molecule has 2 aliphatic carbocycles. The number of carbonyl (C=O) groups excluding carboxylic acids is 2. The standard InChI is InChI=1S/C23H28N4O6S/c1-13-11-23(13,22(29)27-34(30,31)17-4-5-17)26-20(28)19-10-16(12-25-19)33-21-18-6-3-15(32-2)9-14(18)7-8-24-21/h3,6-9,13,16-17,19,25H,4-5,10-12H2,1-2H3,(H,26,28)(H,27,29)/t13-,16-,19+,23-/m1/s1. The molecule has 0 spiro atoms. The Bertz CT molecular complexity index is 1250. The van der Waals surface area contributed by atoms with Crippen molar-refractivity contribution in [3.8, 4) is 11.6 Å². The van der Waals surface area contributed by atoms with Gasteiger partial charge in [-0.3, -0.25) is 14.3 Å². The van der Waals surface area contributed by atoms with Gasteiger partial charge in [0.15, 0.2) is 0 Å². The van der Waals surface area contributed by atoms with Gasteiger partial charge in [0.2, 0.25) is 21.8 Å². The molecule has 4 atom stereocenters. The average Bonchev–Trinajstić information content (AvgIpc) is 3.72. The highest BCUT2D eigenvalue weighted by Crippen LogP contribution is 2.44. The first kappa shape index (κ1) is 22.9. The Labute approximate surface area is 197 Å². The monoisotopic (exact) mass is 488 g/mol. The highest BCUT2D eigenvalue weighted by Gasteiger charge is 2.60. The van der Waals surface area contributed by atoms with E-state index in [4.69, 9.17) is 9.47 Å². The predicted octanol–water partition coefficient (Wildman–Crippen LogP) is 0.856. The summed E-state index contributed by atoms with van der Waals surface area (Å²) >= 11 is 0. The predicted molar refractivity (Wildman–Crippen MR) is 124 cm³/mol. The van der Waals surface area contributed by atoms with Gasteiger partial charge in [-0.05, 0) is 54.8 Å². The van der Waals surface area contributed by atoms with Crippen molar-refractivity contribution in [1.82, 2.24) is 20.3 Å². The van der Waals surface area contributed by atoms with Crippen molar-refractivity contribution in [2.24, 2.45) is 5.92 Å². The molecule has 1 aromatic heterocycles. The molecule has 3 fully saturated rings. The molecule has 2 amide bonds. The summed E-state index contributed by atoms with van der Waals surface area (Å²) in [7, 11) is -2.07. The number of ether oxygens (including phenoxy) is 2. The Hall–Kier alpha value is -2.92. The highest BCUT2D eigenvalue weighted by atomic mass is 32.2. The SMILES string of the molecule is COc1ccc2c(O[C@H]3CN[C@H](C(=O)N[C@]4(C(=O)NS(=O)(=O)C5CC5)C[C@H]4C)C3)nccc2c1. The van der Waals surface area contributed by atoms with Gasteiger partial charge >= 0.3 is 0 Å². The van der Waals surface area contributed by atoms with Crippen LogP contribution < -0.4 is 24.8 Å². The lowest BCUT2D eigenvalue weighted by molar-refractivity contribution is -0.130. The molecule has 34 heavy (non-hydrogen) atoms. The molecule has 0 bridgehead atoms. The zero-order valence-corrected chi connectivity index (χ0v) is 19.9. The first-order valence-corrected chi connectivity index (χ1v) is 13.0. The number of amides is 2. The average molecular weight is 489 g/mol. The van der Waals surface area contributed by atoms with E-state index in [1.807, 2.05) is 31.2 Å². The summed E-state index contributed by atoms with van der Waals surface area (Å²) in [6, 6.07) is 6.94. The maximum Gasteiger partial charge on any atom is 0.259 e. The summed E-state index contributed by atoms with van der Waals surface area (Å²) in [6.45, 7) is 2.26. The summed E-state index contributed by atoms with van der Waals surface area (Å²) in [5.74, 6) is 0.0775. The number of fused-ring (bicyclic) bond motifs is 1. The van der Waals surface area contributed by atoms with E-state index in [1.54, 1.807) is 13.3 Å². The zero-order chi connectivity index (χ0) is 24.1. The first-order valence-electron chi connectivity index (χ1n) is 11.4. The molecule has 1 aromatic carbocycles. The number of hydrogen-bond donors (Lipinski definition) is 3. The Balaban J connectivity index is 1.22. The van der Waals surface area contributed by atoms with Crippen molar-refractivity contribution >= 4 is 32.6 Å². The fraction of sp³-hybridized carbons (Fsp3) is 0.522. The van der Waals surface area contributed by atoms with Crippen LogP contribution >= 0.6 is 0 Å².